The van der Waals surface area contributed by atoms with Crippen molar-refractivity contribution in [1.29, 1.82) is 0 Å². The third-order valence-electron chi connectivity index (χ3n) is 5.54. The molecule has 140 valence electrons. The number of aromatic hydroxyl groups is 1. The minimum Gasteiger partial charge on any atom is -0.507 e. The summed E-state index contributed by atoms with van der Waals surface area (Å²) < 4.78 is 0. The maximum absolute atomic E-state index is 10.6. The van der Waals surface area contributed by atoms with Gasteiger partial charge in [-0.3, -0.25) is 9.80 Å². The van der Waals surface area contributed by atoms with Crippen molar-refractivity contribution in [2.45, 2.75) is 52.7 Å². The van der Waals surface area contributed by atoms with Crippen LogP contribution in [0.15, 0.2) is 42.5 Å². The molecule has 0 saturated carbocycles. The van der Waals surface area contributed by atoms with Gasteiger partial charge in [0.2, 0.25) is 0 Å². The Morgan fingerprint density at radius 2 is 1.88 bits per heavy atom. The number of likely N-dealkylation sites (N-methyl/N-ethyl adjacent to an activating group) is 1. The van der Waals surface area contributed by atoms with Crippen molar-refractivity contribution in [2.24, 2.45) is 0 Å². The van der Waals surface area contributed by atoms with Crippen LogP contribution in [0.5, 0.6) is 5.75 Å². The van der Waals surface area contributed by atoms with Gasteiger partial charge in [0.1, 0.15) is 5.75 Å². The standard InChI is InChI=1S/C23H32N2O/c1-4-25-12-8-11-22(25)17-24(15-20-9-6-5-7-10-20)16-21-14-18(2)13-19(3)23(21)26/h5-7,9-10,13-14,22,26H,4,8,11-12,15-17H2,1-3H3/t22-/m0/s1. The molecule has 3 rings (SSSR count). The van der Waals surface area contributed by atoms with E-state index in [0.717, 1.165) is 37.3 Å². The van der Waals surface area contributed by atoms with E-state index in [0.29, 0.717) is 11.8 Å². The van der Waals surface area contributed by atoms with Crippen LogP contribution < -0.4 is 0 Å². The molecule has 1 heterocycles. The van der Waals surface area contributed by atoms with E-state index in [1.54, 1.807) is 0 Å². The summed E-state index contributed by atoms with van der Waals surface area (Å²) in [7, 11) is 0. The molecule has 0 spiro atoms. The summed E-state index contributed by atoms with van der Waals surface area (Å²) in [6, 6.07) is 15.5. The molecule has 0 amide bonds. The smallest absolute Gasteiger partial charge is 0.122 e. The highest BCUT2D eigenvalue weighted by Gasteiger charge is 2.25. The Hall–Kier alpha value is -1.84. The third kappa shape index (κ3) is 4.66. The molecule has 3 nitrogen and oxygen atoms in total. The van der Waals surface area contributed by atoms with Gasteiger partial charge in [-0.1, -0.05) is 55.0 Å². The van der Waals surface area contributed by atoms with E-state index in [-0.39, 0.29) is 0 Å². The fourth-order valence-corrected chi connectivity index (χ4v) is 4.25. The summed E-state index contributed by atoms with van der Waals surface area (Å²) in [6.07, 6.45) is 2.57. The molecule has 0 aliphatic carbocycles. The lowest BCUT2D eigenvalue weighted by Crippen LogP contribution is -2.39. The lowest BCUT2D eigenvalue weighted by molar-refractivity contribution is 0.165. The Morgan fingerprint density at radius 1 is 1.12 bits per heavy atom. The third-order valence-corrected chi connectivity index (χ3v) is 5.54. The number of nitrogens with zero attached hydrogens (tertiary/aromatic N) is 2. The Balaban J connectivity index is 1.80. The fourth-order valence-electron chi connectivity index (χ4n) is 4.25. The Bertz CT molecular complexity index is 714. The number of rotatable bonds is 7. The number of likely N-dealkylation sites (tertiary alicyclic amines) is 1. The number of phenols is 1. The van der Waals surface area contributed by atoms with Crippen molar-refractivity contribution in [3.8, 4) is 5.75 Å². The maximum Gasteiger partial charge on any atom is 0.122 e. The highest BCUT2D eigenvalue weighted by atomic mass is 16.3. The molecule has 1 fully saturated rings. The van der Waals surface area contributed by atoms with Crippen molar-refractivity contribution in [3.05, 3.63) is 64.7 Å². The minimum absolute atomic E-state index is 0.451. The second kappa shape index (κ2) is 8.70. The molecule has 0 radical (unpaired) electrons. The number of benzene rings is 2. The largest absolute Gasteiger partial charge is 0.507 e. The quantitative estimate of drug-likeness (QED) is 0.795. The predicted octanol–water partition coefficient (Wildman–Crippen LogP) is 4.50. The van der Waals surface area contributed by atoms with Crippen LogP contribution in [0.4, 0.5) is 0 Å². The van der Waals surface area contributed by atoms with Gasteiger partial charge in [0.25, 0.3) is 0 Å². The van der Waals surface area contributed by atoms with E-state index in [9.17, 15) is 5.11 Å². The van der Waals surface area contributed by atoms with Crippen molar-refractivity contribution in [1.82, 2.24) is 9.80 Å². The van der Waals surface area contributed by atoms with Crippen molar-refractivity contribution < 1.29 is 5.11 Å². The molecule has 1 atom stereocenters. The van der Waals surface area contributed by atoms with Crippen LogP contribution >= 0.6 is 0 Å². The molecular formula is C23H32N2O. The molecule has 0 unspecified atom stereocenters. The highest BCUT2D eigenvalue weighted by molar-refractivity contribution is 5.42. The van der Waals surface area contributed by atoms with Crippen molar-refractivity contribution in [3.63, 3.8) is 0 Å². The molecule has 0 bridgehead atoms. The van der Waals surface area contributed by atoms with Gasteiger partial charge in [0.05, 0.1) is 0 Å². The number of hydrogen-bond donors (Lipinski definition) is 1. The van der Waals surface area contributed by atoms with Gasteiger partial charge >= 0.3 is 0 Å². The molecular weight excluding hydrogens is 320 g/mol. The molecule has 2 aromatic rings. The highest BCUT2D eigenvalue weighted by Crippen LogP contribution is 2.27. The Kier molecular flexibility index (Phi) is 6.33. The van der Waals surface area contributed by atoms with Gasteiger partial charge < -0.3 is 5.11 Å². The molecule has 1 aliphatic heterocycles. The van der Waals surface area contributed by atoms with Gasteiger partial charge in [-0.25, -0.2) is 0 Å². The van der Waals surface area contributed by atoms with Crippen LogP contribution in [0.3, 0.4) is 0 Å². The second-order valence-corrected chi connectivity index (χ2v) is 7.67. The average molecular weight is 353 g/mol. The molecule has 1 aliphatic rings. The number of hydrogen-bond acceptors (Lipinski definition) is 3. The fraction of sp³-hybridized carbons (Fsp3) is 0.478. The molecule has 1 saturated heterocycles. The van der Waals surface area contributed by atoms with Crippen LogP contribution in [-0.4, -0.2) is 40.6 Å². The van der Waals surface area contributed by atoms with Gasteiger partial charge in [0, 0.05) is 31.2 Å². The SMILES string of the molecule is CCN1CCC[C@H]1CN(Cc1ccccc1)Cc1cc(C)cc(C)c1O. The van der Waals surface area contributed by atoms with Crippen LogP contribution in [0.2, 0.25) is 0 Å². The molecule has 2 aromatic carbocycles. The molecule has 1 N–H and O–H groups in total. The zero-order valence-corrected chi connectivity index (χ0v) is 16.4. The van der Waals surface area contributed by atoms with Crippen molar-refractivity contribution in [2.75, 3.05) is 19.6 Å². The van der Waals surface area contributed by atoms with E-state index < -0.39 is 0 Å². The van der Waals surface area contributed by atoms with Gasteiger partial charge in [-0.2, -0.15) is 0 Å². The van der Waals surface area contributed by atoms with Gasteiger partial charge in [-0.15, -0.1) is 0 Å². The summed E-state index contributed by atoms with van der Waals surface area (Å²) in [5.41, 5.74) is 4.55. The van der Waals surface area contributed by atoms with Crippen LogP contribution in [0.25, 0.3) is 0 Å². The minimum atomic E-state index is 0.451. The molecule has 3 heteroatoms. The lowest BCUT2D eigenvalue weighted by Gasteiger charge is -2.31. The van der Waals surface area contributed by atoms with Crippen LogP contribution in [-0.2, 0) is 13.1 Å². The summed E-state index contributed by atoms with van der Waals surface area (Å²) in [4.78, 5) is 5.10. The summed E-state index contributed by atoms with van der Waals surface area (Å²) in [5.74, 6) is 0.451. The Labute approximate surface area is 158 Å². The van der Waals surface area contributed by atoms with E-state index in [4.69, 9.17) is 0 Å². The number of phenolic OH excluding ortho intramolecular Hbond substituents is 1. The normalized spacial score (nSPS) is 17.9. The summed E-state index contributed by atoms with van der Waals surface area (Å²) in [6.45, 7) is 11.5. The first-order valence-corrected chi connectivity index (χ1v) is 9.86. The van der Waals surface area contributed by atoms with E-state index >= 15 is 0 Å². The van der Waals surface area contributed by atoms with Gasteiger partial charge in [0.15, 0.2) is 0 Å². The summed E-state index contributed by atoms with van der Waals surface area (Å²) in [5, 5.41) is 10.6. The molecule has 0 aromatic heterocycles. The molecule has 26 heavy (non-hydrogen) atoms. The zero-order chi connectivity index (χ0) is 18.5. The first-order chi connectivity index (χ1) is 12.6. The summed E-state index contributed by atoms with van der Waals surface area (Å²) >= 11 is 0. The average Bonchev–Trinajstić information content (AvgIpc) is 3.07. The number of aryl methyl sites for hydroxylation is 2. The van der Waals surface area contributed by atoms with Gasteiger partial charge in [-0.05, 0) is 50.9 Å². The van der Waals surface area contributed by atoms with E-state index in [1.165, 1.54) is 30.5 Å². The topological polar surface area (TPSA) is 26.7 Å². The monoisotopic (exact) mass is 352 g/mol. The van der Waals surface area contributed by atoms with Crippen molar-refractivity contribution >= 4 is 0 Å². The lowest BCUT2D eigenvalue weighted by atomic mass is 10.0. The second-order valence-electron chi connectivity index (χ2n) is 7.67. The van der Waals surface area contributed by atoms with Crippen LogP contribution in [0, 0.1) is 13.8 Å². The van der Waals surface area contributed by atoms with E-state index in [2.05, 4.69) is 66.1 Å². The predicted molar refractivity (Wildman–Crippen MR) is 108 cm³/mol. The van der Waals surface area contributed by atoms with E-state index in [1.807, 2.05) is 6.92 Å². The Morgan fingerprint density at radius 3 is 2.62 bits per heavy atom. The first kappa shape index (κ1) is 18.9. The first-order valence-electron chi connectivity index (χ1n) is 9.86. The van der Waals surface area contributed by atoms with Crippen LogP contribution in [0.1, 0.15) is 42.0 Å². The maximum atomic E-state index is 10.6. The zero-order valence-electron chi connectivity index (χ0n) is 16.4.